The number of carboxylic acids is 1. The number of amides is 1. The fourth-order valence-electron chi connectivity index (χ4n) is 1.46. The van der Waals surface area contributed by atoms with Crippen LogP contribution in [0.25, 0.3) is 0 Å². The van der Waals surface area contributed by atoms with E-state index in [0.29, 0.717) is 0 Å². The van der Waals surface area contributed by atoms with E-state index in [2.05, 4.69) is 0 Å². The van der Waals surface area contributed by atoms with E-state index < -0.39 is 36.3 Å². The number of carbonyl (C=O) groups is 2. The number of aryl methyl sites for hydroxylation is 1. The van der Waals surface area contributed by atoms with Crippen molar-refractivity contribution in [1.29, 1.82) is 0 Å². The van der Waals surface area contributed by atoms with Crippen LogP contribution in [0.1, 0.15) is 22.3 Å². The number of benzene rings is 1. The summed E-state index contributed by atoms with van der Waals surface area (Å²) in [5.74, 6) is -3.38. The fraction of sp³-hybridized carbons (Fsp3) is 0.333. The molecule has 0 aliphatic rings. The van der Waals surface area contributed by atoms with Crippen molar-refractivity contribution in [3.8, 4) is 0 Å². The van der Waals surface area contributed by atoms with Crippen LogP contribution in [0.5, 0.6) is 0 Å². The zero-order valence-corrected chi connectivity index (χ0v) is 10.3. The molecule has 0 fully saturated rings. The highest BCUT2D eigenvalue weighted by atomic mass is 19.4. The number of halogens is 4. The number of nitrogens with one attached hydrogen (secondary N) is 1. The third kappa shape index (κ3) is 4.52. The monoisotopic (exact) mass is 293 g/mol. The minimum Gasteiger partial charge on any atom is -0.480 e. The molecule has 1 unspecified atom stereocenters. The normalized spacial score (nSPS) is 12.8. The number of carbonyl (C=O) groups excluding carboxylic acids is 1. The number of alkyl halides is 3. The van der Waals surface area contributed by atoms with Crippen LogP contribution < -0.4 is 5.32 Å². The van der Waals surface area contributed by atoms with E-state index >= 15 is 0 Å². The molecule has 1 aromatic rings. The molecule has 4 nitrogen and oxygen atoms in total. The highest BCUT2D eigenvalue weighted by Gasteiger charge is 2.36. The Hall–Kier alpha value is -2.12. The second-order valence-electron chi connectivity index (χ2n) is 4.15. The van der Waals surface area contributed by atoms with Crippen LogP contribution in [0.15, 0.2) is 18.2 Å². The first kappa shape index (κ1) is 15.9. The maximum atomic E-state index is 13.0. The molecule has 0 spiro atoms. The molecule has 0 heterocycles. The number of carboxylic acid groups (broad SMARTS) is 1. The summed E-state index contributed by atoms with van der Waals surface area (Å²) in [6, 6.07) is 1.07. The molecule has 1 aromatic carbocycles. The van der Waals surface area contributed by atoms with Gasteiger partial charge in [0.1, 0.15) is 11.9 Å². The Balaban J connectivity index is 2.85. The smallest absolute Gasteiger partial charge is 0.391 e. The highest BCUT2D eigenvalue weighted by molar-refractivity contribution is 5.96. The van der Waals surface area contributed by atoms with Crippen LogP contribution in [0.4, 0.5) is 17.6 Å². The lowest BCUT2D eigenvalue weighted by Gasteiger charge is -2.16. The van der Waals surface area contributed by atoms with Gasteiger partial charge in [0.15, 0.2) is 0 Å². The van der Waals surface area contributed by atoms with Crippen molar-refractivity contribution in [2.75, 3.05) is 0 Å². The van der Waals surface area contributed by atoms with Gasteiger partial charge in [-0.25, -0.2) is 9.18 Å². The number of rotatable bonds is 4. The van der Waals surface area contributed by atoms with Crippen molar-refractivity contribution >= 4 is 11.9 Å². The lowest BCUT2D eigenvalue weighted by Crippen LogP contribution is -2.43. The lowest BCUT2D eigenvalue weighted by atomic mass is 10.1. The first-order chi connectivity index (χ1) is 9.10. The number of hydrogen-bond acceptors (Lipinski definition) is 2. The van der Waals surface area contributed by atoms with Gasteiger partial charge in [-0.1, -0.05) is 0 Å². The van der Waals surface area contributed by atoms with Gasteiger partial charge in [0.2, 0.25) is 0 Å². The van der Waals surface area contributed by atoms with Crippen LogP contribution >= 0.6 is 0 Å². The summed E-state index contributed by atoms with van der Waals surface area (Å²) in [5.41, 5.74) is 0.0117. The molecule has 0 radical (unpaired) electrons. The highest BCUT2D eigenvalue weighted by Crippen LogP contribution is 2.22. The van der Waals surface area contributed by atoms with Gasteiger partial charge in [-0.05, 0) is 30.7 Å². The molecule has 0 aromatic heterocycles. The maximum absolute atomic E-state index is 13.0. The zero-order valence-electron chi connectivity index (χ0n) is 10.3. The molecule has 110 valence electrons. The van der Waals surface area contributed by atoms with Crippen LogP contribution in [-0.2, 0) is 4.79 Å². The van der Waals surface area contributed by atoms with Gasteiger partial charge in [-0.3, -0.25) is 4.79 Å². The predicted molar refractivity (Wildman–Crippen MR) is 60.7 cm³/mol. The summed E-state index contributed by atoms with van der Waals surface area (Å²) >= 11 is 0. The Morgan fingerprint density at radius 3 is 2.40 bits per heavy atom. The Morgan fingerprint density at radius 1 is 1.35 bits per heavy atom. The topological polar surface area (TPSA) is 66.4 Å². The lowest BCUT2D eigenvalue weighted by molar-refractivity contribution is -0.157. The van der Waals surface area contributed by atoms with Crippen LogP contribution in [0.3, 0.4) is 0 Å². The number of aliphatic carboxylic acids is 1. The van der Waals surface area contributed by atoms with Crippen molar-refractivity contribution in [1.82, 2.24) is 5.32 Å². The molecule has 1 atom stereocenters. The first-order valence-electron chi connectivity index (χ1n) is 5.46. The Labute approximate surface area is 111 Å². The molecule has 1 rings (SSSR count). The van der Waals surface area contributed by atoms with E-state index in [1.807, 2.05) is 0 Å². The molecular formula is C12H11F4NO3. The average Bonchev–Trinajstić information content (AvgIpc) is 2.29. The fourth-order valence-corrected chi connectivity index (χ4v) is 1.46. The SMILES string of the molecule is Cc1cc(C(=O)NC(CC(F)(F)F)C(=O)O)ccc1F. The van der Waals surface area contributed by atoms with Gasteiger partial charge in [0, 0.05) is 5.56 Å². The van der Waals surface area contributed by atoms with E-state index in [1.54, 1.807) is 5.32 Å². The minimum atomic E-state index is -4.73. The molecule has 0 saturated heterocycles. The average molecular weight is 293 g/mol. The van der Waals surface area contributed by atoms with Gasteiger partial charge in [-0.15, -0.1) is 0 Å². The summed E-state index contributed by atoms with van der Waals surface area (Å²) in [4.78, 5) is 22.3. The van der Waals surface area contributed by atoms with Crippen LogP contribution in [0.2, 0.25) is 0 Å². The molecule has 0 aliphatic carbocycles. The van der Waals surface area contributed by atoms with Crippen molar-refractivity contribution < 1.29 is 32.3 Å². The second-order valence-corrected chi connectivity index (χ2v) is 4.15. The standard InChI is InChI=1S/C12H11F4NO3/c1-6-4-7(2-3-8(6)13)10(18)17-9(11(19)20)5-12(14,15)16/h2-4,9H,5H2,1H3,(H,17,18)(H,19,20). The summed E-state index contributed by atoms with van der Waals surface area (Å²) in [6.45, 7) is 1.37. The van der Waals surface area contributed by atoms with E-state index in [4.69, 9.17) is 5.11 Å². The van der Waals surface area contributed by atoms with Gasteiger partial charge in [0.05, 0.1) is 6.42 Å². The largest absolute Gasteiger partial charge is 0.480 e. The molecule has 0 bridgehead atoms. The third-order valence-electron chi connectivity index (χ3n) is 2.46. The van der Waals surface area contributed by atoms with Crippen molar-refractivity contribution in [3.63, 3.8) is 0 Å². The third-order valence-corrected chi connectivity index (χ3v) is 2.46. The molecule has 1 amide bonds. The van der Waals surface area contributed by atoms with Gasteiger partial charge >= 0.3 is 12.1 Å². The van der Waals surface area contributed by atoms with Crippen LogP contribution in [0, 0.1) is 12.7 Å². The first-order valence-corrected chi connectivity index (χ1v) is 5.46. The van der Waals surface area contributed by atoms with Crippen molar-refractivity contribution in [2.45, 2.75) is 25.6 Å². The maximum Gasteiger partial charge on any atom is 0.391 e. The minimum absolute atomic E-state index is 0.114. The molecule has 20 heavy (non-hydrogen) atoms. The second kappa shape index (κ2) is 5.89. The molecule has 0 saturated carbocycles. The van der Waals surface area contributed by atoms with Gasteiger partial charge < -0.3 is 10.4 Å². The van der Waals surface area contributed by atoms with Gasteiger partial charge in [-0.2, -0.15) is 13.2 Å². The van der Waals surface area contributed by atoms with E-state index in [0.717, 1.165) is 18.2 Å². The quantitative estimate of drug-likeness (QED) is 0.837. The summed E-state index contributed by atoms with van der Waals surface area (Å²) in [6.07, 6.45) is -6.41. The Bertz CT molecular complexity index is 528. The predicted octanol–water partition coefficient (Wildman–Crippen LogP) is 2.27. The van der Waals surface area contributed by atoms with E-state index in [9.17, 15) is 27.2 Å². The Kier molecular flexibility index (Phi) is 4.69. The molecule has 2 N–H and O–H groups in total. The summed E-state index contributed by atoms with van der Waals surface area (Å²) in [7, 11) is 0. The van der Waals surface area contributed by atoms with E-state index in [1.165, 1.54) is 6.92 Å². The summed E-state index contributed by atoms with van der Waals surface area (Å²) in [5, 5.41) is 10.4. The van der Waals surface area contributed by atoms with E-state index in [-0.39, 0.29) is 11.1 Å². The van der Waals surface area contributed by atoms with Gasteiger partial charge in [0.25, 0.3) is 5.91 Å². The van der Waals surface area contributed by atoms with Crippen molar-refractivity contribution in [3.05, 3.63) is 35.1 Å². The zero-order chi connectivity index (χ0) is 15.5. The van der Waals surface area contributed by atoms with Crippen LogP contribution in [-0.4, -0.2) is 29.2 Å². The van der Waals surface area contributed by atoms with Crippen molar-refractivity contribution in [2.24, 2.45) is 0 Å². The summed E-state index contributed by atoms with van der Waals surface area (Å²) < 4.78 is 49.5. The molecule has 8 heteroatoms. The number of hydrogen-bond donors (Lipinski definition) is 2. The molecule has 0 aliphatic heterocycles. The Morgan fingerprint density at radius 2 is 1.95 bits per heavy atom. The molecular weight excluding hydrogens is 282 g/mol.